The average Bonchev–Trinajstić information content (AvgIpc) is 3.41. The number of hydrogen-bond acceptors (Lipinski definition) is 4. The van der Waals surface area contributed by atoms with Gasteiger partial charge in [0.2, 0.25) is 5.91 Å². The van der Waals surface area contributed by atoms with Crippen molar-refractivity contribution in [1.29, 1.82) is 0 Å². The van der Waals surface area contributed by atoms with Crippen LogP contribution in [0.4, 0.5) is 17.1 Å². The molecule has 2 heterocycles. The molecule has 31 heavy (non-hydrogen) atoms. The van der Waals surface area contributed by atoms with E-state index in [9.17, 15) is 14.4 Å². The van der Waals surface area contributed by atoms with Crippen molar-refractivity contribution in [2.45, 2.75) is 12.8 Å². The first-order valence-corrected chi connectivity index (χ1v) is 10.6. The first kappa shape index (κ1) is 20.9. The Hall–Kier alpha value is -3.39. The van der Waals surface area contributed by atoms with Crippen LogP contribution in [0.25, 0.3) is 0 Å². The highest BCUT2D eigenvalue weighted by Gasteiger charge is 2.23. The summed E-state index contributed by atoms with van der Waals surface area (Å²) >= 11 is 3.19. The van der Waals surface area contributed by atoms with Crippen LogP contribution in [0.3, 0.4) is 0 Å². The van der Waals surface area contributed by atoms with E-state index in [-0.39, 0.29) is 23.5 Å². The molecule has 0 spiro atoms. The number of carbonyl (C=O) groups is 3. The van der Waals surface area contributed by atoms with Crippen molar-refractivity contribution in [3.05, 3.63) is 76.7 Å². The predicted octanol–water partition coefficient (Wildman–Crippen LogP) is 4.70. The van der Waals surface area contributed by atoms with Gasteiger partial charge in [-0.05, 0) is 64.8 Å². The van der Waals surface area contributed by atoms with Crippen molar-refractivity contribution in [1.82, 2.24) is 0 Å². The van der Waals surface area contributed by atoms with Crippen molar-refractivity contribution in [3.8, 4) is 0 Å². The van der Waals surface area contributed by atoms with E-state index in [1.54, 1.807) is 66.5 Å². The molecule has 0 bridgehead atoms. The fourth-order valence-corrected chi connectivity index (χ4v) is 3.84. The summed E-state index contributed by atoms with van der Waals surface area (Å²) in [6.07, 6.45) is 1.37. The molecule has 1 saturated heterocycles. The van der Waals surface area contributed by atoms with Crippen molar-refractivity contribution in [2.75, 3.05) is 28.7 Å². The molecule has 4 rings (SSSR count). The second kappa shape index (κ2) is 8.77. The quantitative estimate of drug-likeness (QED) is 0.572. The van der Waals surface area contributed by atoms with E-state index in [1.165, 1.54) is 4.90 Å². The maximum absolute atomic E-state index is 13.0. The monoisotopic (exact) mass is 481 g/mol. The fourth-order valence-electron chi connectivity index (χ4n) is 3.53. The lowest BCUT2D eigenvalue weighted by Crippen LogP contribution is -2.28. The highest BCUT2D eigenvalue weighted by molar-refractivity contribution is 9.10. The van der Waals surface area contributed by atoms with E-state index >= 15 is 0 Å². The predicted molar refractivity (Wildman–Crippen MR) is 122 cm³/mol. The number of amides is 3. The molecular formula is C23H20BrN3O4. The summed E-state index contributed by atoms with van der Waals surface area (Å²) in [5, 5.41) is 2.87. The lowest BCUT2D eigenvalue weighted by molar-refractivity contribution is -0.117. The van der Waals surface area contributed by atoms with Crippen LogP contribution in [0.5, 0.6) is 0 Å². The molecule has 2 aromatic carbocycles. The first-order valence-electron chi connectivity index (χ1n) is 9.78. The molecule has 0 aliphatic carbocycles. The molecule has 0 saturated carbocycles. The molecule has 3 aromatic rings. The van der Waals surface area contributed by atoms with Gasteiger partial charge in [-0.15, -0.1) is 0 Å². The van der Waals surface area contributed by atoms with Crippen molar-refractivity contribution in [3.63, 3.8) is 0 Å². The van der Waals surface area contributed by atoms with Crippen LogP contribution < -0.4 is 15.1 Å². The van der Waals surface area contributed by atoms with E-state index < -0.39 is 0 Å². The Kier molecular flexibility index (Phi) is 5.90. The summed E-state index contributed by atoms with van der Waals surface area (Å²) in [6, 6.07) is 17.2. The standard InChI is InChI=1S/C23H20BrN3O4/c1-26(23(30)19-11-12-20(24)31-19)18-9-3-2-8-17(18)22(29)25-15-6-4-7-16(14-15)27-13-5-10-21(27)28/h2-4,6-9,11-12,14H,5,10,13H2,1H3,(H,25,29). The summed E-state index contributed by atoms with van der Waals surface area (Å²) in [4.78, 5) is 40.9. The molecule has 1 aliphatic heterocycles. The molecule has 0 unspecified atom stereocenters. The normalized spacial score (nSPS) is 13.4. The Morgan fingerprint density at radius 1 is 1.10 bits per heavy atom. The maximum Gasteiger partial charge on any atom is 0.293 e. The molecule has 3 amide bonds. The van der Waals surface area contributed by atoms with Crippen LogP contribution in [-0.4, -0.2) is 31.3 Å². The van der Waals surface area contributed by atoms with E-state index in [4.69, 9.17) is 4.42 Å². The third kappa shape index (κ3) is 4.39. The molecule has 0 atom stereocenters. The Morgan fingerprint density at radius 2 is 1.90 bits per heavy atom. The minimum atomic E-state index is -0.375. The van der Waals surface area contributed by atoms with Gasteiger partial charge in [0.05, 0.1) is 11.3 Å². The van der Waals surface area contributed by atoms with Crippen molar-refractivity contribution < 1.29 is 18.8 Å². The summed E-state index contributed by atoms with van der Waals surface area (Å²) in [6.45, 7) is 0.675. The largest absolute Gasteiger partial charge is 0.444 e. The molecule has 158 valence electrons. The number of para-hydroxylation sites is 1. The Labute approximate surface area is 187 Å². The second-order valence-electron chi connectivity index (χ2n) is 7.14. The Balaban J connectivity index is 1.56. The van der Waals surface area contributed by atoms with Crippen molar-refractivity contribution >= 4 is 50.7 Å². The molecule has 1 N–H and O–H groups in total. The third-order valence-electron chi connectivity index (χ3n) is 5.09. The molecule has 1 aromatic heterocycles. The van der Waals surface area contributed by atoms with Gasteiger partial charge in [-0.2, -0.15) is 0 Å². The molecule has 0 radical (unpaired) electrons. The van der Waals surface area contributed by atoms with Gasteiger partial charge in [0, 0.05) is 31.4 Å². The number of halogens is 1. The summed E-state index contributed by atoms with van der Waals surface area (Å²) in [5.74, 6) is -0.493. The highest BCUT2D eigenvalue weighted by atomic mass is 79.9. The topological polar surface area (TPSA) is 82.9 Å². The van der Waals surface area contributed by atoms with E-state index in [0.29, 0.717) is 34.6 Å². The number of benzene rings is 2. The van der Waals surface area contributed by atoms with Crippen LogP contribution in [0.2, 0.25) is 0 Å². The molecular weight excluding hydrogens is 462 g/mol. The number of furan rings is 1. The summed E-state index contributed by atoms with van der Waals surface area (Å²) in [5.41, 5.74) is 2.11. The van der Waals surface area contributed by atoms with E-state index in [2.05, 4.69) is 21.2 Å². The molecule has 1 fully saturated rings. The van der Waals surface area contributed by atoms with Gasteiger partial charge in [-0.3, -0.25) is 14.4 Å². The minimum absolute atomic E-state index is 0.0820. The number of rotatable bonds is 5. The minimum Gasteiger partial charge on any atom is -0.444 e. The Bertz CT molecular complexity index is 1160. The lowest BCUT2D eigenvalue weighted by Gasteiger charge is -2.20. The van der Waals surface area contributed by atoms with Gasteiger partial charge in [0.25, 0.3) is 11.8 Å². The van der Waals surface area contributed by atoms with E-state index in [1.807, 2.05) is 6.07 Å². The van der Waals surface area contributed by atoms with Crippen LogP contribution in [0.1, 0.15) is 33.8 Å². The molecule has 7 nitrogen and oxygen atoms in total. The van der Waals surface area contributed by atoms with Crippen LogP contribution in [-0.2, 0) is 4.79 Å². The van der Waals surface area contributed by atoms with Gasteiger partial charge in [0.15, 0.2) is 10.4 Å². The van der Waals surface area contributed by atoms with Gasteiger partial charge >= 0.3 is 0 Å². The van der Waals surface area contributed by atoms with Gasteiger partial charge in [0.1, 0.15) is 0 Å². The third-order valence-corrected chi connectivity index (χ3v) is 5.51. The van der Waals surface area contributed by atoms with Crippen LogP contribution >= 0.6 is 15.9 Å². The number of anilines is 3. The zero-order chi connectivity index (χ0) is 22.0. The van der Waals surface area contributed by atoms with E-state index in [0.717, 1.165) is 12.1 Å². The SMILES string of the molecule is CN(C(=O)c1ccc(Br)o1)c1ccccc1C(=O)Nc1cccc(N2CCCC2=O)c1. The number of nitrogens with one attached hydrogen (secondary N) is 1. The molecule has 8 heteroatoms. The maximum atomic E-state index is 13.0. The lowest BCUT2D eigenvalue weighted by atomic mass is 10.1. The van der Waals surface area contributed by atoms with Gasteiger partial charge in [-0.25, -0.2) is 0 Å². The van der Waals surface area contributed by atoms with Crippen LogP contribution in [0.15, 0.2) is 69.8 Å². The zero-order valence-corrected chi connectivity index (χ0v) is 18.4. The van der Waals surface area contributed by atoms with Crippen molar-refractivity contribution in [2.24, 2.45) is 0 Å². The highest BCUT2D eigenvalue weighted by Crippen LogP contribution is 2.27. The first-order chi connectivity index (χ1) is 14.9. The zero-order valence-electron chi connectivity index (χ0n) is 16.8. The number of hydrogen-bond donors (Lipinski definition) is 1. The summed E-state index contributed by atoms with van der Waals surface area (Å²) in [7, 11) is 1.59. The Morgan fingerprint density at radius 3 is 2.61 bits per heavy atom. The van der Waals surface area contributed by atoms with Gasteiger partial charge < -0.3 is 19.5 Å². The van der Waals surface area contributed by atoms with Gasteiger partial charge in [-0.1, -0.05) is 18.2 Å². The average molecular weight is 482 g/mol. The second-order valence-corrected chi connectivity index (χ2v) is 7.92. The fraction of sp³-hybridized carbons (Fsp3) is 0.174. The smallest absolute Gasteiger partial charge is 0.293 e. The number of nitrogens with zero attached hydrogens (tertiary/aromatic N) is 2. The molecule has 1 aliphatic rings. The number of carbonyl (C=O) groups excluding carboxylic acids is 3. The van der Waals surface area contributed by atoms with Crippen LogP contribution in [0, 0.1) is 0 Å². The summed E-state index contributed by atoms with van der Waals surface area (Å²) < 4.78 is 5.80.